The number of anilines is 1. The summed E-state index contributed by atoms with van der Waals surface area (Å²) in [5.41, 5.74) is 0. The SMILES string of the molecule is COCc1nc(Cl)cc(NC2CCC(C)CC2)n1. The van der Waals surface area contributed by atoms with Crippen molar-refractivity contribution >= 4 is 17.4 Å². The molecule has 0 aromatic carbocycles. The zero-order valence-electron chi connectivity index (χ0n) is 10.9. The lowest BCUT2D eigenvalue weighted by Crippen LogP contribution is -2.25. The largest absolute Gasteiger partial charge is 0.377 e. The summed E-state index contributed by atoms with van der Waals surface area (Å²) in [6.45, 7) is 2.70. The second-order valence-corrected chi connectivity index (χ2v) is 5.41. The second-order valence-electron chi connectivity index (χ2n) is 5.03. The zero-order chi connectivity index (χ0) is 13.0. The Kier molecular flexibility index (Phi) is 4.78. The van der Waals surface area contributed by atoms with Crippen LogP contribution in [0.4, 0.5) is 5.82 Å². The maximum atomic E-state index is 5.98. The smallest absolute Gasteiger partial charge is 0.158 e. The number of ether oxygens (including phenoxy) is 1. The molecule has 1 aliphatic rings. The Morgan fingerprint density at radius 2 is 2.06 bits per heavy atom. The Bertz CT molecular complexity index is 392. The molecule has 100 valence electrons. The molecule has 0 amide bonds. The van der Waals surface area contributed by atoms with Gasteiger partial charge in [-0.1, -0.05) is 18.5 Å². The highest BCUT2D eigenvalue weighted by atomic mass is 35.5. The van der Waals surface area contributed by atoms with Crippen molar-refractivity contribution in [2.75, 3.05) is 12.4 Å². The number of methoxy groups -OCH3 is 1. The molecule has 5 heteroatoms. The summed E-state index contributed by atoms with van der Waals surface area (Å²) < 4.78 is 5.03. The topological polar surface area (TPSA) is 47.0 Å². The first-order valence-electron chi connectivity index (χ1n) is 6.46. The van der Waals surface area contributed by atoms with Crippen LogP contribution in [0.2, 0.25) is 5.15 Å². The van der Waals surface area contributed by atoms with E-state index in [2.05, 4.69) is 22.2 Å². The summed E-state index contributed by atoms with van der Waals surface area (Å²) in [7, 11) is 1.62. The molecule has 1 N–H and O–H groups in total. The van der Waals surface area contributed by atoms with E-state index in [-0.39, 0.29) is 0 Å². The van der Waals surface area contributed by atoms with Gasteiger partial charge in [0.25, 0.3) is 0 Å². The van der Waals surface area contributed by atoms with Crippen molar-refractivity contribution in [1.82, 2.24) is 9.97 Å². The van der Waals surface area contributed by atoms with Gasteiger partial charge in [-0.15, -0.1) is 0 Å². The molecular formula is C13H20ClN3O. The molecule has 1 aromatic heterocycles. The van der Waals surface area contributed by atoms with Gasteiger partial charge in [-0.3, -0.25) is 0 Å². The van der Waals surface area contributed by atoms with Crippen molar-refractivity contribution in [3.63, 3.8) is 0 Å². The van der Waals surface area contributed by atoms with Crippen molar-refractivity contribution in [3.8, 4) is 0 Å². The average molecular weight is 270 g/mol. The van der Waals surface area contributed by atoms with E-state index in [1.54, 1.807) is 13.2 Å². The first-order valence-corrected chi connectivity index (χ1v) is 6.84. The number of halogens is 1. The molecule has 0 radical (unpaired) electrons. The molecule has 1 aliphatic carbocycles. The van der Waals surface area contributed by atoms with Crippen LogP contribution in [0.25, 0.3) is 0 Å². The third-order valence-corrected chi connectivity index (χ3v) is 3.58. The van der Waals surface area contributed by atoms with Crippen molar-refractivity contribution in [2.24, 2.45) is 5.92 Å². The Morgan fingerprint density at radius 1 is 1.33 bits per heavy atom. The maximum Gasteiger partial charge on any atom is 0.158 e. The van der Waals surface area contributed by atoms with Gasteiger partial charge in [0.15, 0.2) is 5.82 Å². The van der Waals surface area contributed by atoms with E-state index in [0.29, 0.717) is 23.6 Å². The van der Waals surface area contributed by atoms with E-state index in [1.165, 1.54) is 25.7 Å². The van der Waals surface area contributed by atoms with Crippen molar-refractivity contribution in [1.29, 1.82) is 0 Å². The fraction of sp³-hybridized carbons (Fsp3) is 0.692. The van der Waals surface area contributed by atoms with Gasteiger partial charge in [0, 0.05) is 19.2 Å². The van der Waals surface area contributed by atoms with Crippen LogP contribution in [-0.4, -0.2) is 23.1 Å². The number of nitrogens with zero attached hydrogens (tertiary/aromatic N) is 2. The van der Waals surface area contributed by atoms with Crippen LogP contribution in [-0.2, 0) is 11.3 Å². The van der Waals surface area contributed by atoms with Crippen molar-refractivity contribution < 1.29 is 4.74 Å². The molecule has 1 aromatic rings. The molecule has 0 saturated heterocycles. The monoisotopic (exact) mass is 269 g/mol. The molecule has 0 aliphatic heterocycles. The lowest BCUT2D eigenvalue weighted by Gasteiger charge is -2.27. The zero-order valence-corrected chi connectivity index (χ0v) is 11.7. The molecule has 0 bridgehead atoms. The summed E-state index contributed by atoms with van der Waals surface area (Å²) in [6.07, 6.45) is 4.95. The first-order chi connectivity index (χ1) is 8.67. The van der Waals surface area contributed by atoms with Gasteiger partial charge in [-0.2, -0.15) is 0 Å². The van der Waals surface area contributed by atoms with Gasteiger partial charge in [-0.05, 0) is 31.6 Å². The number of hydrogen-bond donors (Lipinski definition) is 1. The molecule has 1 saturated carbocycles. The lowest BCUT2D eigenvalue weighted by atomic mass is 9.87. The predicted octanol–water partition coefficient (Wildman–Crippen LogP) is 3.27. The number of aromatic nitrogens is 2. The molecule has 0 atom stereocenters. The molecule has 2 rings (SSSR count). The van der Waals surface area contributed by atoms with Crippen LogP contribution in [0, 0.1) is 5.92 Å². The normalized spacial score (nSPS) is 23.9. The van der Waals surface area contributed by atoms with E-state index in [0.717, 1.165) is 11.7 Å². The van der Waals surface area contributed by atoms with Crippen molar-refractivity contribution in [2.45, 2.75) is 45.3 Å². The van der Waals surface area contributed by atoms with Crippen molar-refractivity contribution in [3.05, 3.63) is 17.0 Å². The quantitative estimate of drug-likeness (QED) is 0.853. The van der Waals surface area contributed by atoms with E-state index >= 15 is 0 Å². The highest BCUT2D eigenvalue weighted by Crippen LogP contribution is 2.26. The minimum atomic E-state index is 0.386. The highest BCUT2D eigenvalue weighted by Gasteiger charge is 2.18. The van der Waals surface area contributed by atoms with Gasteiger partial charge in [0.05, 0.1) is 0 Å². The van der Waals surface area contributed by atoms with Crippen LogP contribution in [0.3, 0.4) is 0 Å². The van der Waals surface area contributed by atoms with Crippen LogP contribution in [0.1, 0.15) is 38.4 Å². The van der Waals surface area contributed by atoms with Gasteiger partial charge in [0.1, 0.15) is 17.6 Å². The van der Waals surface area contributed by atoms with Gasteiger partial charge in [0.2, 0.25) is 0 Å². The highest BCUT2D eigenvalue weighted by molar-refractivity contribution is 6.29. The van der Waals surface area contributed by atoms with Gasteiger partial charge < -0.3 is 10.1 Å². The second kappa shape index (κ2) is 6.34. The van der Waals surface area contributed by atoms with Crippen LogP contribution < -0.4 is 5.32 Å². The Hall–Kier alpha value is -0.870. The molecule has 1 fully saturated rings. The number of rotatable bonds is 4. The molecule has 1 heterocycles. The predicted molar refractivity (Wildman–Crippen MR) is 72.8 cm³/mol. The minimum Gasteiger partial charge on any atom is -0.377 e. The third kappa shape index (κ3) is 3.82. The lowest BCUT2D eigenvalue weighted by molar-refractivity contribution is 0.178. The average Bonchev–Trinajstić information content (AvgIpc) is 2.32. The van der Waals surface area contributed by atoms with Crippen LogP contribution in [0.15, 0.2) is 6.07 Å². The summed E-state index contributed by atoms with van der Waals surface area (Å²) in [4.78, 5) is 8.52. The Labute approximate surface area is 113 Å². The summed E-state index contributed by atoms with van der Waals surface area (Å²) >= 11 is 5.98. The van der Waals surface area contributed by atoms with Gasteiger partial charge >= 0.3 is 0 Å². The Balaban J connectivity index is 2.00. The van der Waals surface area contributed by atoms with E-state index in [4.69, 9.17) is 16.3 Å². The maximum absolute atomic E-state index is 5.98. The molecular weight excluding hydrogens is 250 g/mol. The summed E-state index contributed by atoms with van der Waals surface area (Å²) in [5, 5.41) is 3.91. The number of hydrogen-bond acceptors (Lipinski definition) is 4. The molecule has 4 nitrogen and oxygen atoms in total. The van der Waals surface area contributed by atoms with E-state index < -0.39 is 0 Å². The fourth-order valence-corrected chi connectivity index (χ4v) is 2.55. The molecule has 0 unspecified atom stereocenters. The first kappa shape index (κ1) is 13.6. The minimum absolute atomic E-state index is 0.386. The third-order valence-electron chi connectivity index (χ3n) is 3.38. The van der Waals surface area contributed by atoms with E-state index in [9.17, 15) is 0 Å². The molecule has 0 spiro atoms. The van der Waals surface area contributed by atoms with Gasteiger partial charge in [-0.25, -0.2) is 9.97 Å². The summed E-state index contributed by atoms with van der Waals surface area (Å²) in [5.74, 6) is 2.28. The molecule has 18 heavy (non-hydrogen) atoms. The van der Waals surface area contributed by atoms with Crippen LogP contribution in [0.5, 0.6) is 0 Å². The van der Waals surface area contributed by atoms with E-state index in [1.807, 2.05) is 0 Å². The van der Waals surface area contributed by atoms with Crippen LogP contribution >= 0.6 is 11.6 Å². The fourth-order valence-electron chi connectivity index (χ4n) is 2.35. The number of nitrogens with one attached hydrogen (secondary N) is 1. The standard InChI is InChI=1S/C13H20ClN3O/c1-9-3-5-10(6-4-9)15-12-7-11(14)16-13(17-12)8-18-2/h7,9-10H,3-6,8H2,1-2H3,(H,15,16,17). The Morgan fingerprint density at radius 3 is 2.72 bits per heavy atom. The summed E-state index contributed by atoms with van der Waals surface area (Å²) in [6, 6.07) is 2.28.